The van der Waals surface area contributed by atoms with Gasteiger partial charge in [0.15, 0.2) is 0 Å². The van der Waals surface area contributed by atoms with Crippen LogP contribution in [-0.2, 0) is 14.3 Å². The predicted molar refractivity (Wildman–Crippen MR) is 64.7 cm³/mol. The van der Waals surface area contributed by atoms with Crippen molar-refractivity contribution < 1.29 is 19.1 Å². The molecule has 5 heteroatoms. The van der Waals surface area contributed by atoms with Crippen LogP contribution in [0.4, 0.5) is 4.79 Å². The lowest BCUT2D eigenvalue weighted by atomic mass is 10.1. The van der Waals surface area contributed by atoms with Crippen LogP contribution < -0.4 is 5.32 Å². The summed E-state index contributed by atoms with van der Waals surface area (Å²) in [4.78, 5) is 22.7. The molecule has 0 aliphatic rings. The van der Waals surface area contributed by atoms with E-state index in [2.05, 4.69) is 5.32 Å². The van der Waals surface area contributed by atoms with Crippen molar-refractivity contribution in [3.05, 3.63) is 0 Å². The van der Waals surface area contributed by atoms with Crippen molar-refractivity contribution in [1.82, 2.24) is 5.32 Å². The maximum absolute atomic E-state index is 11.5. The minimum atomic E-state index is -0.535. The minimum absolute atomic E-state index is 0.170. The van der Waals surface area contributed by atoms with Gasteiger partial charge in [0.2, 0.25) is 0 Å². The van der Waals surface area contributed by atoms with E-state index in [1.54, 1.807) is 27.7 Å². The summed E-state index contributed by atoms with van der Waals surface area (Å²) in [5, 5.41) is 2.65. The molecule has 0 fully saturated rings. The zero-order chi connectivity index (χ0) is 13.5. The molecule has 0 aromatic carbocycles. The van der Waals surface area contributed by atoms with Crippen molar-refractivity contribution >= 4 is 12.1 Å². The van der Waals surface area contributed by atoms with Gasteiger partial charge < -0.3 is 14.8 Å². The molecule has 0 heterocycles. The van der Waals surface area contributed by atoms with Crippen molar-refractivity contribution in [2.45, 2.75) is 59.1 Å². The van der Waals surface area contributed by atoms with Crippen LogP contribution in [-0.4, -0.2) is 30.3 Å². The highest BCUT2D eigenvalue weighted by molar-refractivity contribution is 5.72. The molecule has 0 aromatic rings. The van der Waals surface area contributed by atoms with Gasteiger partial charge in [-0.3, -0.25) is 4.79 Å². The molecule has 0 radical (unpaired) electrons. The van der Waals surface area contributed by atoms with Gasteiger partial charge in [-0.05, 0) is 34.1 Å². The fourth-order valence-corrected chi connectivity index (χ4v) is 1.19. The van der Waals surface area contributed by atoms with Crippen molar-refractivity contribution in [2.24, 2.45) is 0 Å². The highest BCUT2D eigenvalue weighted by atomic mass is 16.6. The Morgan fingerprint density at radius 1 is 1.24 bits per heavy atom. The number of hydrogen-bond acceptors (Lipinski definition) is 4. The molecule has 1 N–H and O–H groups in total. The van der Waals surface area contributed by atoms with E-state index >= 15 is 0 Å². The number of hydrogen-bond donors (Lipinski definition) is 1. The van der Waals surface area contributed by atoms with Crippen LogP contribution in [0.5, 0.6) is 0 Å². The molecule has 5 nitrogen and oxygen atoms in total. The molecule has 0 unspecified atom stereocenters. The van der Waals surface area contributed by atoms with Gasteiger partial charge in [0, 0.05) is 6.04 Å². The first-order valence-corrected chi connectivity index (χ1v) is 5.93. The molecular formula is C12H23NO4. The van der Waals surface area contributed by atoms with Crippen molar-refractivity contribution in [3.63, 3.8) is 0 Å². The monoisotopic (exact) mass is 245 g/mol. The number of esters is 1. The Morgan fingerprint density at radius 3 is 2.24 bits per heavy atom. The predicted octanol–water partition coefficient (Wildman–Crippen LogP) is 2.24. The maximum atomic E-state index is 11.5. The average molecular weight is 245 g/mol. The molecular weight excluding hydrogens is 222 g/mol. The molecule has 0 aliphatic carbocycles. The summed E-state index contributed by atoms with van der Waals surface area (Å²) in [6.45, 7) is 9.36. The molecule has 0 spiro atoms. The SMILES string of the molecule is CCOC(=O)C[C@@H](CC)NC(=O)OC(C)(C)C. The Kier molecular flexibility index (Phi) is 6.61. The average Bonchev–Trinajstić information content (AvgIpc) is 2.13. The fourth-order valence-electron chi connectivity index (χ4n) is 1.19. The van der Waals surface area contributed by atoms with Crippen LogP contribution in [0.25, 0.3) is 0 Å². The van der Waals surface area contributed by atoms with E-state index < -0.39 is 11.7 Å². The number of ether oxygens (including phenoxy) is 2. The van der Waals surface area contributed by atoms with Gasteiger partial charge >= 0.3 is 12.1 Å². The molecule has 100 valence electrons. The van der Waals surface area contributed by atoms with E-state index in [4.69, 9.17) is 9.47 Å². The molecule has 17 heavy (non-hydrogen) atoms. The summed E-state index contributed by atoms with van der Waals surface area (Å²) >= 11 is 0. The summed E-state index contributed by atoms with van der Waals surface area (Å²) in [6.07, 6.45) is 0.315. The van der Waals surface area contributed by atoms with Crippen molar-refractivity contribution in [3.8, 4) is 0 Å². The summed E-state index contributed by atoms with van der Waals surface area (Å²) in [5.41, 5.74) is -0.535. The lowest BCUT2D eigenvalue weighted by molar-refractivity contribution is -0.143. The second-order valence-corrected chi connectivity index (χ2v) is 4.76. The van der Waals surface area contributed by atoms with Crippen LogP contribution in [0.3, 0.4) is 0 Å². The van der Waals surface area contributed by atoms with E-state index in [1.165, 1.54) is 0 Å². The summed E-state index contributed by atoms with van der Waals surface area (Å²) in [6, 6.07) is -0.246. The van der Waals surface area contributed by atoms with Gasteiger partial charge in [0.1, 0.15) is 5.60 Å². The van der Waals surface area contributed by atoms with Gasteiger partial charge in [0.25, 0.3) is 0 Å². The number of carbonyl (C=O) groups is 2. The molecule has 0 aliphatic heterocycles. The van der Waals surface area contributed by atoms with Gasteiger partial charge in [-0.2, -0.15) is 0 Å². The van der Waals surface area contributed by atoms with Crippen LogP contribution in [0.15, 0.2) is 0 Å². The third-order valence-corrected chi connectivity index (χ3v) is 1.93. The van der Waals surface area contributed by atoms with E-state index in [0.717, 1.165) is 0 Å². The number of alkyl carbamates (subject to hydrolysis) is 1. The summed E-state index contributed by atoms with van der Waals surface area (Å²) < 4.78 is 9.94. The van der Waals surface area contributed by atoms with E-state index in [9.17, 15) is 9.59 Å². The summed E-state index contributed by atoms with van der Waals surface area (Å²) in [5.74, 6) is -0.310. The van der Waals surface area contributed by atoms with Crippen molar-refractivity contribution in [2.75, 3.05) is 6.61 Å². The first-order valence-electron chi connectivity index (χ1n) is 5.93. The number of amides is 1. The van der Waals surface area contributed by atoms with Crippen molar-refractivity contribution in [1.29, 1.82) is 0 Å². The highest BCUT2D eigenvalue weighted by Crippen LogP contribution is 2.08. The standard InChI is InChI=1S/C12H23NO4/c1-6-9(8-10(14)16-7-2)13-11(15)17-12(3,4)5/h9H,6-8H2,1-5H3,(H,13,15)/t9-/m1/s1. The number of rotatable bonds is 5. The Morgan fingerprint density at radius 2 is 1.82 bits per heavy atom. The molecule has 0 bridgehead atoms. The van der Waals surface area contributed by atoms with Crippen LogP contribution >= 0.6 is 0 Å². The van der Waals surface area contributed by atoms with E-state index in [-0.39, 0.29) is 18.4 Å². The lowest BCUT2D eigenvalue weighted by Crippen LogP contribution is -2.40. The third kappa shape index (κ3) is 8.54. The maximum Gasteiger partial charge on any atom is 0.407 e. The van der Waals surface area contributed by atoms with Gasteiger partial charge in [0.05, 0.1) is 13.0 Å². The first-order chi connectivity index (χ1) is 7.78. The number of carbonyl (C=O) groups excluding carboxylic acids is 2. The Hall–Kier alpha value is -1.26. The normalized spacial score (nSPS) is 12.8. The fraction of sp³-hybridized carbons (Fsp3) is 0.833. The molecule has 1 amide bonds. The van der Waals surface area contributed by atoms with Gasteiger partial charge in [-0.15, -0.1) is 0 Å². The number of nitrogens with one attached hydrogen (secondary N) is 1. The Balaban J connectivity index is 4.13. The van der Waals surface area contributed by atoms with E-state index in [1.807, 2.05) is 6.92 Å². The first kappa shape index (κ1) is 15.7. The third-order valence-electron chi connectivity index (χ3n) is 1.93. The Labute approximate surface area is 103 Å². The van der Waals surface area contributed by atoms with E-state index in [0.29, 0.717) is 13.0 Å². The lowest BCUT2D eigenvalue weighted by Gasteiger charge is -2.22. The summed E-state index contributed by atoms with van der Waals surface area (Å²) in [7, 11) is 0. The van der Waals surface area contributed by atoms with Gasteiger partial charge in [-0.1, -0.05) is 6.92 Å². The molecule has 0 saturated carbocycles. The second-order valence-electron chi connectivity index (χ2n) is 4.76. The van der Waals surface area contributed by atoms with Crippen LogP contribution in [0.2, 0.25) is 0 Å². The molecule has 0 aromatic heterocycles. The molecule has 0 rings (SSSR count). The second kappa shape index (κ2) is 7.14. The van der Waals surface area contributed by atoms with Crippen LogP contribution in [0, 0.1) is 0 Å². The highest BCUT2D eigenvalue weighted by Gasteiger charge is 2.20. The molecule has 1 atom stereocenters. The largest absolute Gasteiger partial charge is 0.466 e. The van der Waals surface area contributed by atoms with Gasteiger partial charge in [-0.25, -0.2) is 4.79 Å². The zero-order valence-electron chi connectivity index (χ0n) is 11.3. The van der Waals surface area contributed by atoms with Crippen LogP contribution in [0.1, 0.15) is 47.5 Å². The topological polar surface area (TPSA) is 64.6 Å². The quantitative estimate of drug-likeness (QED) is 0.754. The smallest absolute Gasteiger partial charge is 0.407 e. The Bertz CT molecular complexity index is 258. The minimum Gasteiger partial charge on any atom is -0.466 e. The zero-order valence-corrected chi connectivity index (χ0v) is 11.3. The molecule has 0 saturated heterocycles.